The molecule has 0 aliphatic carbocycles. The molecule has 2 rings (SSSR count). The van der Waals surface area contributed by atoms with Gasteiger partial charge in [0.25, 0.3) is 0 Å². The average Bonchev–Trinajstić information content (AvgIpc) is 2.84. The summed E-state index contributed by atoms with van der Waals surface area (Å²) in [4.78, 5) is 0. The van der Waals surface area contributed by atoms with Gasteiger partial charge in [-0.05, 0) is 43.5 Å². The molecule has 0 aromatic heterocycles. The summed E-state index contributed by atoms with van der Waals surface area (Å²) in [5, 5.41) is 0. The van der Waals surface area contributed by atoms with Crippen molar-refractivity contribution in [3.05, 3.63) is 34.1 Å². The largest absolute Gasteiger partial charge is 0.370 e. The highest BCUT2D eigenvalue weighted by atomic mass is 79.9. The maximum absolute atomic E-state index is 13.3. The van der Waals surface area contributed by atoms with Crippen molar-refractivity contribution in [1.82, 2.24) is 0 Å². The van der Waals surface area contributed by atoms with E-state index in [2.05, 4.69) is 15.9 Å². The standard InChI is InChI=1S/C11H12BrFO/c1-7-11(14-7)5-2-8-6-9(12)3-4-10(8)13/h3-4,6-7,11H,2,5H2,1H3. The summed E-state index contributed by atoms with van der Waals surface area (Å²) in [6.07, 6.45) is 2.37. The highest BCUT2D eigenvalue weighted by Crippen LogP contribution is 2.27. The maximum atomic E-state index is 13.3. The normalized spacial score (nSPS) is 25.1. The number of hydrogen-bond donors (Lipinski definition) is 0. The van der Waals surface area contributed by atoms with E-state index in [0.29, 0.717) is 12.2 Å². The van der Waals surface area contributed by atoms with Gasteiger partial charge in [-0.2, -0.15) is 0 Å². The molecule has 2 atom stereocenters. The summed E-state index contributed by atoms with van der Waals surface area (Å²) in [5.41, 5.74) is 0.766. The summed E-state index contributed by atoms with van der Waals surface area (Å²) >= 11 is 3.33. The zero-order valence-electron chi connectivity index (χ0n) is 7.97. The molecule has 0 N–H and O–H groups in total. The van der Waals surface area contributed by atoms with Gasteiger partial charge in [0.2, 0.25) is 0 Å². The van der Waals surface area contributed by atoms with Crippen molar-refractivity contribution in [2.45, 2.75) is 32.0 Å². The monoisotopic (exact) mass is 258 g/mol. The molecule has 0 spiro atoms. The molecule has 1 aromatic carbocycles. The topological polar surface area (TPSA) is 12.5 Å². The molecule has 1 saturated heterocycles. The van der Waals surface area contributed by atoms with E-state index in [1.165, 1.54) is 6.07 Å². The highest BCUT2D eigenvalue weighted by molar-refractivity contribution is 9.10. The van der Waals surface area contributed by atoms with Crippen molar-refractivity contribution >= 4 is 15.9 Å². The Morgan fingerprint density at radius 3 is 2.86 bits per heavy atom. The second-order valence-electron chi connectivity index (χ2n) is 3.65. The van der Waals surface area contributed by atoms with Crippen LogP contribution < -0.4 is 0 Å². The van der Waals surface area contributed by atoms with Crippen LogP contribution in [0.25, 0.3) is 0 Å². The molecule has 14 heavy (non-hydrogen) atoms. The summed E-state index contributed by atoms with van der Waals surface area (Å²) in [6, 6.07) is 5.05. The molecule has 0 amide bonds. The van der Waals surface area contributed by atoms with E-state index in [0.717, 1.165) is 22.9 Å². The zero-order valence-corrected chi connectivity index (χ0v) is 9.55. The Morgan fingerprint density at radius 2 is 2.21 bits per heavy atom. The first kappa shape index (κ1) is 10.1. The first-order chi connectivity index (χ1) is 6.66. The van der Waals surface area contributed by atoms with Gasteiger partial charge in [0, 0.05) is 4.47 Å². The zero-order chi connectivity index (χ0) is 10.1. The van der Waals surface area contributed by atoms with Crippen LogP contribution in [0.3, 0.4) is 0 Å². The minimum absolute atomic E-state index is 0.124. The summed E-state index contributed by atoms with van der Waals surface area (Å²) in [5.74, 6) is -0.124. The third-order valence-corrected chi connectivity index (χ3v) is 3.04. The van der Waals surface area contributed by atoms with Gasteiger partial charge >= 0.3 is 0 Å². The Bertz CT molecular complexity index is 340. The van der Waals surface area contributed by atoms with Crippen molar-refractivity contribution in [3.63, 3.8) is 0 Å². The first-order valence-corrected chi connectivity index (χ1v) is 5.55. The highest BCUT2D eigenvalue weighted by Gasteiger charge is 2.33. The van der Waals surface area contributed by atoms with Gasteiger partial charge in [-0.3, -0.25) is 0 Å². The van der Waals surface area contributed by atoms with Crippen LogP contribution in [0.4, 0.5) is 4.39 Å². The molecule has 0 saturated carbocycles. The minimum atomic E-state index is -0.124. The molecule has 0 bridgehead atoms. The van der Waals surface area contributed by atoms with E-state index in [-0.39, 0.29) is 5.82 Å². The van der Waals surface area contributed by atoms with Gasteiger partial charge in [0.05, 0.1) is 12.2 Å². The van der Waals surface area contributed by atoms with Crippen molar-refractivity contribution < 1.29 is 9.13 Å². The molecular weight excluding hydrogens is 247 g/mol. The van der Waals surface area contributed by atoms with Gasteiger partial charge < -0.3 is 4.74 Å². The fourth-order valence-corrected chi connectivity index (χ4v) is 1.97. The van der Waals surface area contributed by atoms with Crippen molar-refractivity contribution in [2.75, 3.05) is 0 Å². The third-order valence-electron chi connectivity index (χ3n) is 2.54. The quantitative estimate of drug-likeness (QED) is 0.758. The van der Waals surface area contributed by atoms with Crippen LogP contribution in [-0.4, -0.2) is 12.2 Å². The fraction of sp³-hybridized carbons (Fsp3) is 0.455. The van der Waals surface area contributed by atoms with Gasteiger partial charge in [0.1, 0.15) is 5.82 Å². The first-order valence-electron chi connectivity index (χ1n) is 4.76. The predicted octanol–water partition coefficient (Wildman–Crippen LogP) is 3.31. The Balaban J connectivity index is 1.97. The van der Waals surface area contributed by atoms with E-state index in [4.69, 9.17) is 4.74 Å². The van der Waals surface area contributed by atoms with Crippen molar-refractivity contribution in [1.29, 1.82) is 0 Å². The lowest BCUT2D eigenvalue weighted by Gasteiger charge is -2.02. The molecule has 1 aliphatic heterocycles. The molecule has 1 nitrogen and oxygen atoms in total. The van der Waals surface area contributed by atoms with Crippen LogP contribution in [0.15, 0.2) is 22.7 Å². The Hall–Kier alpha value is -0.410. The minimum Gasteiger partial charge on any atom is -0.370 e. The lowest BCUT2D eigenvalue weighted by molar-refractivity contribution is 0.370. The number of hydrogen-bond acceptors (Lipinski definition) is 1. The summed E-state index contributed by atoms with van der Waals surface area (Å²) in [6.45, 7) is 2.04. The van der Waals surface area contributed by atoms with Crippen molar-refractivity contribution in [2.24, 2.45) is 0 Å². The smallest absolute Gasteiger partial charge is 0.126 e. The number of rotatable bonds is 3. The molecule has 2 unspecified atom stereocenters. The number of benzene rings is 1. The van der Waals surface area contributed by atoms with E-state index in [1.807, 2.05) is 13.0 Å². The second kappa shape index (κ2) is 3.99. The van der Waals surface area contributed by atoms with Crippen LogP contribution >= 0.6 is 15.9 Å². The van der Waals surface area contributed by atoms with Gasteiger partial charge in [-0.25, -0.2) is 4.39 Å². The number of halogens is 2. The van der Waals surface area contributed by atoms with Crippen LogP contribution in [0.2, 0.25) is 0 Å². The lowest BCUT2D eigenvalue weighted by atomic mass is 10.1. The van der Waals surface area contributed by atoms with E-state index >= 15 is 0 Å². The lowest BCUT2D eigenvalue weighted by Crippen LogP contribution is -1.96. The number of aryl methyl sites for hydroxylation is 1. The molecule has 1 fully saturated rings. The fourth-order valence-electron chi connectivity index (χ4n) is 1.57. The van der Waals surface area contributed by atoms with Gasteiger partial charge in [-0.15, -0.1) is 0 Å². The summed E-state index contributed by atoms with van der Waals surface area (Å²) in [7, 11) is 0. The number of epoxide rings is 1. The molecule has 1 heterocycles. The van der Waals surface area contributed by atoms with Gasteiger partial charge in [-0.1, -0.05) is 15.9 Å². The van der Waals surface area contributed by atoms with E-state index < -0.39 is 0 Å². The molecule has 3 heteroatoms. The molecule has 0 radical (unpaired) electrons. The molecular formula is C11H12BrFO. The predicted molar refractivity (Wildman–Crippen MR) is 56.8 cm³/mol. The second-order valence-corrected chi connectivity index (χ2v) is 4.57. The van der Waals surface area contributed by atoms with E-state index in [9.17, 15) is 4.39 Å². The number of ether oxygens (including phenoxy) is 1. The van der Waals surface area contributed by atoms with Crippen molar-refractivity contribution in [3.8, 4) is 0 Å². The Kier molecular flexibility index (Phi) is 2.88. The van der Waals surface area contributed by atoms with E-state index in [1.54, 1.807) is 6.07 Å². The van der Waals surface area contributed by atoms with Crippen LogP contribution in [0.1, 0.15) is 18.9 Å². The van der Waals surface area contributed by atoms with Crippen LogP contribution in [0.5, 0.6) is 0 Å². The molecule has 1 aromatic rings. The third kappa shape index (κ3) is 2.34. The summed E-state index contributed by atoms with van der Waals surface area (Å²) < 4.78 is 19.5. The van der Waals surface area contributed by atoms with Crippen LogP contribution in [0, 0.1) is 5.82 Å². The Morgan fingerprint density at radius 1 is 1.50 bits per heavy atom. The molecule has 76 valence electrons. The SMILES string of the molecule is CC1OC1CCc1cc(Br)ccc1F. The Labute approximate surface area is 91.4 Å². The van der Waals surface area contributed by atoms with Gasteiger partial charge in [0.15, 0.2) is 0 Å². The maximum Gasteiger partial charge on any atom is 0.126 e. The average molecular weight is 259 g/mol. The molecule has 1 aliphatic rings. The van der Waals surface area contributed by atoms with Crippen LogP contribution in [-0.2, 0) is 11.2 Å².